The largest absolute Gasteiger partial charge is 0.480 e. The number of nitrogens with zero attached hydrogens (tertiary/aromatic N) is 3. The van der Waals surface area contributed by atoms with Gasteiger partial charge in [0.05, 0.1) is 5.70 Å². The van der Waals surface area contributed by atoms with Crippen LogP contribution in [0.4, 0.5) is 5.95 Å². The lowest BCUT2D eigenvalue weighted by Crippen LogP contribution is -2.32. The summed E-state index contributed by atoms with van der Waals surface area (Å²) in [4.78, 5) is 5.69. The molecule has 5 nitrogen and oxygen atoms in total. The molecule has 2 aliphatic rings. The quantitative estimate of drug-likeness (QED) is 0.504. The third-order valence-corrected chi connectivity index (χ3v) is 6.41. The topological polar surface area (TPSA) is 52.0 Å². The monoisotopic (exact) mass is 398 g/mol. The molecule has 2 atom stereocenters. The molecule has 0 bridgehead atoms. The van der Waals surface area contributed by atoms with Gasteiger partial charge in [-0.05, 0) is 36.1 Å². The van der Waals surface area contributed by atoms with E-state index in [1.165, 1.54) is 10.4 Å². The van der Waals surface area contributed by atoms with E-state index in [1.807, 2.05) is 10.7 Å². The number of anilines is 1. The maximum Gasteiger partial charge on any atom is 0.226 e. The number of benzene rings is 2. The Kier molecular flexibility index (Phi) is 3.61. The van der Waals surface area contributed by atoms with Crippen molar-refractivity contribution in [3.8, 4) is 5.75 Å². The number of thiophene rings is 1. The van der Waals surface area contributed by atoms with E-state index in [-0.39, 0.29) is 12.1 Å². The number of aromatic nitrogens is 3. The fraction of sp³-hybridized carbons (Fsp3) is 0.130. The number of nitrogens with one attached hydrogen (secondary N) is 1. The molecule has 0 saturated heterocycles. The summed E-state index contributed by atoms with van der Waals surface area (Å²) in [5.74, 6) is 1.64. The average Bonchev–Trinajstić information content (AvgIpc) is 3.44. The molecule has 6 rings (SSSR count). The van der Waals surface area contributed by atoms with Crippen molar-refractivity contribution in [2.24, 2.45) is 0 Å². The van der Waals surface area contributed by atoms with E-state index >= 15 is 0 Å². The molecule has 0 fully saturated rings. The summed E-state index contributed by atoms with van der Waals surface area (Å²) in [5.41, 5.74) is 5.62. The van der Waals surface area contributed by atoms with Gasteiger partial charge in [0.25, 0.3) is 0 Å². The van der Waals surface area contributed by atoms with Gasteiger partial charge in [-0.25, -0.2) is 4.68 Å². The first-order valence-electron chi connectivity index (χ1n) is 9.56. The maximum absolute atomic E-state index is 6.61. The van der Waals surface area contributed by atoms with Gasteiger partial charge in [0, 0.05) is 16.0 Å². The first-order valence-corrected chi connectivity index (χ1v) is 10.4. The van der Waals surface area contributed by atoms with Gasteiger partial charge in [-0.3, -0.25) is 0 Å². The highest BCUT2D eigenvalue weighted by Crippen LogP contribution is 2.51. The zero-order valence-corrected chi connectivity index (χ0v) is 16.6. The van der Waals surface area contributed by atoms with Gasteiger partial charge in [-0.2, -0.15) is 10.1 Å². The molecular formula is C23H18N4OS. The second kappa shape index (κ2) is 6.32. The second-order valence-corrected chi connectivity index (χ2v) is 8.29. The van der Waals surface area contributed by atoms with Gasteiger partial charge in [-0.1, -0.05) is 48.0 Å². The summed E-state index contributed by atoms with van der Waals surface area (Å²) < 4.78 is 8.57. The van der Waals surface area contributed by atoms with Crippen molar-refractivity contribution in [2.75, 3.05) is 5.32 Å². The summed E-state index contributed by atoms with van der Waals surface area (Å²) >= 11 is 1.73. The van der Waals surface area contributed by atoms with Crippen LogP contribution < -0.4 is 10.1 Å². The minimum atomic E-state index is -0.210. The lowest BCUT2D eigenvalue weighted by molar-refractivity contribution is 0.223. The molecule has 0 unspecified atom stereocenters. The predicted molar refractivity (Wildman–Crippen MR) is 114 cm³/mol. The summed E-state index contributed by atoms with van der Waals surface area (Å²) in [6.07, 6.45) is 1.40. The Labute approximate surface area is 172 Å². The molecule has 0 saturated carbocycles. The fourth-order valence-corrected chi connectivity index (χ4v) is 5.03. The Morgan fingerprint density at radius 2 is 1.97 bits per heavy atom. The minimum Gasteiger partial charge on any atom is -0.480 e. The third kappa shape index (κ3) is 2.53. The standard InChI is InChI=1S/C23H18N4OS/c1-14-9-10-17-16(12-14)20-19(22(28-17)15-6-3-2-4-7-15)21(18-8-5-11-29-18)27-23(26-20)24-13-25-27/h2-13,21-22H,1H3,(H,24,25,26)/t21-,22+/m0/s1. The second-order valence-electron chi connectivity index (χ2n) is 7.31. The molecule has 0 amide bonds. The van der Waals surface area contributed by atoms with Gasteiger partial charge in [0.2, 0.25) is 5.95 Å². The minimum absolute atomic E-state index is 0.0670. The van der Waals surface area contributed by atoms with E-state index in [1.54, 1.807) is 17.7 Å². The number of fused-ring (bicyclic) bond motifs is 3. The Hall–Kier alpha value is -3.38. The van der Waals surface area contributed by atoms with Crippen molar-refractivity contribution in [1.82, 2.24) is 14.8 Å². The van der Waals surface area contributed by atoms with Crippen molar-refractivity contribution in [3.05, 3.63) is 99.5 Å². The smallest absolute Gasteiger partial charge is 0.226 e. The summed E-state index contributed by atoms with van der Waals surface area (Å²) in [6, 6.07) is 20.9. The molecule has 2 aromatic carbocycles. The zero-order chi connectivity index (χ0) is 19.4. The molecule has 2 aromatic heterocycles. The van der Waals surface area contributed by atoms with Gasteiger partial charge in [-0.15, -0.1) is 11.3 Å². The van der Waals surface area contributed by atoms with Gasteiger partial charge in [0.1, 0.15) is 24.2 Å². The highest BCUT2D eigenvalue weighted by molar-refractivity contribution is 7.10. The molecule has 6 heteroatoms. The van der Waals surface area contributed by atoms with Crippen LogP contribution in [0.5, 0.6) is 5.75 Å². The van der Waals surface area contributed by atoms with E-state index < -0.39 is 0 Å². The van der Waals surface area contributed by atoms with Gasteiger partial charge >= 0.3 is 0 Å². The highest BCUT2D eigenvalue weighted by Gasteiger charge is 2.41. The Balaban J connectivity index is 1.65. The Bertz CT molecular complexity index is 1230. The maximum atomic E-state index is 6.61. The van der Waals surface area contributed by atoms with Crippen molar-refractivity contribution < 1.29 is 4.74 Å². The van der Waals surface area contributed by atoms with Crippen molar-refractivity contribution >= 4 is 23.0 Å². The van der Waals surface area contributed by atoms with Crippen LogP contribution in [0.2, 0.25) is 0 Å². The van der Waals surface area contributed by atoms with E-state index in [0.717, 1.165) is 34.1 Å². The average molecular weight is 398 g/mol. The van der Waals surface area contributed by atoms with E-state index in [9.17, 15) is 0 Å². The molecule has 4 aromatic rings. The van der Waals surface area contributed by atoms with Gasteiger partial charge in [0.15, 0.2) is 0 Å². The molecular weight excluding hydrogens is 380 g/mol. The lowest BCUT2D eigenvalue weighted by Gasteiger charge is -2.38. The van der Waals surface area contributed by atoms with E-state index in [4.69, 9.17) is 4.74 Å². The van der Waals surface area contributed by atoms with Crippen LogP contribution in [-0.4, -0.2) is 14.8 Å². The summed E-state index contributed by atoms with van der Waals surface area (Å²) in [7, 11) is 0. The number of hydrogen-bond donors (Lipinski definition) is 1. The van der Waals surface area contributed by atoms with Crippen molar-refractivity contribution in [2.45, 2.75) is 19.1 Å². The third-order valence-electron chi connectivity index (χ3n) is 5.48. The molecule has 1 N–H and O–H groups in total. The van der Waals surface area contributed by atoms with Crippen LogP contribution >= 0.6 is 11.3 Å². The zero-order valence-electron chi connectivity index (χ0n) is 15.7. The van der Waals surface area contributed by atoms with Crippen LogP contribution in [-0.2, 0) is 0 Å². The van der Waals surface area contributed by atoms with Crippen LogP contribution in [0.25, 0.3) is 5.70 Å². The normalized spacial score (nSPS) is 19.6. The van der Waals surface area contributed by atoms with Crippen LogP contribution in [0.15, 0.2) is 77.9 Å². The van der Waals surface area contributed by atoms with Crippen LogP contribution in [0, 0.1) is 6.92 Å². The van der Waals surface area contributed by atoms with Crippen LogP contribution in [0.1, 0.15) is 33.7 Å². The highest BCUT2D eigenvalue weighted by atomic mass is 32.1. The number of rotatable bonds is 2. The first kappa shape index (κ1) is 16.6. The SMILES string of the molecule is Cc1ccc2c(c1)C1=C([C@H](c3cccs3)n3ncnc3N1)[C@@H](c1ccccc1)O2. The number of hydrogen-bond acceptors (Lipinski definition) is 5. The Morgan fingerprint density at radius 1 is 1.07 bits per heavy atom. The summed E-state index contributed by atoms with van der Waals surface area (Å²) in [5, 5.41) is 10.2. The number of ether oxygens (including phenoxy) is 1. The molecule has 29 heavy (non-hydrogen) atoms. The predicted octanol–water partition coefficient (Wildman–Crippen LogP) is 5.21. The van der Waals surface area contributed by atoms with Crippen molar-refractivity contribution in [1.29, 1.82) is 0 Å². The fourth-order valence-electron chi connectivity index (χ4n) is 4.21. The molecule has 142 valence electrons. The molecule has 0 aliphatic carbocycles. The number of aryl methyl sites for hydroxylation is 1. The summed E-state index contributed by atoms with van der Waals surface area (Å²) in [6.45, 7) is 2.10. The molecule has 4 heterocycles. The van der Waals surface area contributed by atoms with Crippen LogP contribution in [0.3, 0.4) is 0 Å². The van der Waals surface area contributed by atoms with E-state index in [0.29, 0.717) is 0 Å². The Morgan fingerprint density at radius 3 is 2.79 bits per heavy atom. The van der Waals surface area contributed by atoms with Gasteiger partial charge < -0.3 is 10.1 Å². The van der Waals surface area contributed by atoms with E-state index in [2.05, 4.69) is 82.3 Å². The molecule has 0 radical (unpaired) electrons. The lowest BCUT2D eigenvalue weighted by atomic mass is 9.86. The molecule has 2 aliphatic heterocycles. The first-order chi connectivity index (χ1) is 14.3. The van der Waals surface area contributed by atoms with Crippen molar-refractivity contribution in [3.63, 3.8) is 0 Å². The molecule has 0 spiro atoms.